The van der Waals surface area contributed by atoms with Crippen LogP contribution in [0.5, 0.6) is 0 Å². The molecule has 0 spiro atoms. The predicted molar refractivity (Wildman–Crippen MR) is 87.8 cm³/mol. The molecule has 24 heavy (non-hydrogen) atoms. The molecule has 7 nitrogen and oxygen atoms in total. The molecule has 1 heterocycles. The van der Waals surface area contributed by atoms with Crippen LogP contribution in [0.15, 0.2) is 39.8 Å². The van der Waals surface area contributed by atoms with Crippen molar-refractivity contribution >= 4 is 16.0 Å². The minimum atomic E-state index is -4.00. The molecule has 0 radical (unpaired) electrons. The van der Waals surface area contributed by atoms with Gasteiger partial charge in [0.1, 0.15) is 0 Å². The number of aryl methyl sites for hydroxylation is 1. The third-order valence-electron chi connectivity index (χ3n) is 3.61. The van der Waals surface area contributed by atoms with E-state index in [9.17, 15) is 18.3 Å². The number of hydrogen-bond acceptors (Lipinski definition) is 5. The Kier molecular flexibility index (Phi) is 5.40. The molecule has 2 rings (SSSR count). The highest BCUT2D eigenvalue weighted by molar-refractivity contribution is 7.89. The van der Waals surface area contributed by atoms with Crippen molar-refractivity contribution in [1.82, 2.24) is 9.71 Å². The van der Waals surface area contributed by atoms with E-state index in [-0.39, 0.29) is 29.1 Å². The van der Waals surface area contributed by atoms with Gasteiger partial charge in [0.15, 0.2) is 11.7 Å². The fourth-order valence-corrected chi connectivity index (χ4v) is 3.43. The maximum atomic E-state index is 12.6. The molecule has 0 bridgehead atoms. The van der Waals surface area contributed by atoms with Crippen LogP contribution in [0.1, 0.15) is 19.7 Å². The van der Waals surface area contributed by atoms with Gasteiger partial charge in [-0.2, -0.15) is 0 Å². The lowest BCUT2D eigenvalue weighted by atomic mass is 9.97. The average Bonchev–Trinajstić information content (AvgIpc) is 2.90. The number of carboxylic acid groups (broad SMARTS) is 1. The number of sulfonamides is 1. The normalized spacial score (nSPS) is 13.2. The van der Waals surface area contributed by atoms with Gasteiger partial charge in [-0.3, -0.25) is 4.79 Å². The number of oxazole rings is 1. The van der Waals surface area contributed by atoms with Gasteiger partial charge in [-0.25, -0.2) is 18.1 Å². The molecule has 1 unspecified atom stereocenters. The number of aromatic nitrogens is 1. The molecular formula is C16H20N2O5S. The van der Waals surface area contributed by atoms with Crippen LogP contribution in [0.3, 0.4) is 0 Å². The molecule has 1 aromatic heterocycles. The predicted octanol–water partition coefficient (Wildman–Crippen LogP) is 2.29. The molecule has 2 aromatic rings. The third kappa shape index (κ3) is 4.01. The second kappa shape index (κ2) is 7.14. The molecule has 8 heteroatoms. The van der Waals surface area contributed by atoms with Gasteiger partial charge in [0, 0.05) is 19.0 Å². The van der Waals surface area contributed by atoms with Crippen LogP contribution in [-0.4, -0.2) is 31.0 Å². The number of carbonyl (C=O) groups is 1. The molecule has 2 N–H and O–H groups in total. The zero-order valence-electron chi connectivity index (χ0n) is 13.7. The first-order valence-corrected chi connectivity index (χ1v) is 8.96. The number of hydrogen-bond donors (Lipinski definition) is 2. The summed E-state index contributed by atoms with van der Waals surface area (Å²) < 4.78 is 32.9. The Balaban J connectivity index is 2.32. The summed E-state index contributed by atoms with van der Waals surface area (Å²) in [5.74, 6) is -1.73. The van der Waals surface area contributed by atoms with Crippen LogP contribution in [0.25, 0.3) is 11.3 Å². The first-order valence-electron chi connectivity index (χ1n) is 7.47. The van der Waals surface area contributed by atoms with Crippen molar-refractivity contribution in [2.24, 2.45) is 11.8 Å². The van der Waals surface area contributed by atoms with Gasteiger partial charge in [-0.1, -0.05) is 44.2 Å². The van der Waals surface area contributed by atoms with E-state index in [1.807, 2.05) is 0 Å². The van der Waals surface area contributed by atoms with Crippen LogP contribution in [0, 0.1) is 18.8 Å². The van der Waals surface area contributed by atoms with Crippen molar-refractivity contribution < 1.29 is 22.7 Å². The standard InChI is InChI=1S/C16H20N2O5S/c1-10(2)13(16(19)20)9-17-24(21,22)15-14(23-11(3)18-15)12-7-5-4-6-8-12/h4-8,10,13,17H,9H2,1-3H3,(H,19,20). The van der Waals surface area contributed by atoms with Crippen molar-refractivity contribution in [2.75, 3.05) is 6.54 Å². The number of carboxylic acids is 1. The maximum absolute atomic E-state index is 12.6. The van der Waals surface area contributed by atoms with Crippen molar-refractivity contribution in [1.29, 1.82) is 0 Å². The Labute approximate surface area is 140 Å². The van der Waals surface area contributed by atoms with Crippen LogP contribution < -0.4 is 4.72 Å². The number of benzene rings is 1. The highest BCUT2D eigenvalue weighted by Gasteiger charge is 2.29. The number of aliphatic carboxylic acids is 1. The molecule has 1 atom stereocenters. The molecule has 0 amide bonds. The molecule has 130 valence electrons. The Hall–Kier alpha value is -2.19. The number of rotatable bonds is 7. The minimum absolute atomic E-state index is 0.136. The zero-order chi connectivity index (χ0) is 17.9. The quantitative estimate of drug-likeness (QED) is 0.791. The molecule has 0 saturated carbocycles. The molecule has 0 aliphatic rings. The first-order chi connectivity index (χ1) is 11.2. The summed E-state index contributed by atoms with van der Waals surface area (Å²) >= 11 is 0. The summed E-state index contributed by atoms with van der Waals surface area (Å²) in [5, 5.41) is 8.94. The summed E-state index contributed by atoms with van der Waals surface area (Å²) in [6.45, 7) is 4.79. The van der Waals surface area contributed by atoms with E-state index in [0.717, 1.165) is 0 Å². The fraction of sp³-hybridized carbons (Fsp3) is 0.375. The van der Waals surface area contributed by atoms with Gasteiger partial charge < -0.3 is 9.52 Å². The highest BCUT2D eigenvalue weighted by Crippen LogP contribution is 2.28. The summed E-state index contributed by atoms with van der Waals surface area (Å²) in [4.78, 5) is 15.2. The topological polar surface area (TPSA) is 110 Å². The van der Waals surface area contributed by atoms with Crippen molar-refractivity contribution in [3.8, 4) is 11.3 Å². The van der Waals surface area contributed by atoms with E-state index in [2.05, 4.69) is 9.71 Å². The maximum Gasteiger partial charge on any atom is 0.308 e. The van der Waals surface area contributed by atoms with E-state index in [4.69, 9.17) is 4.42 Å². The van der Waals surface area contributed by atoms with E-state index >= 15 is 0 Å². The summed E-state index contributed by atoms with van der Waals surface area (Å²) in [5.41, 5.74) is 0.581. The first kappa shape index (κ1) is 18.2. The second-order valence-electron chi connectivity index (χ2n) is 5.77. The molecule has 0 aliphatic carbocycles. The molecule has 1 aromatic carbocycles. The van der Waals surface area contributed by atoms with Crippen molar-refractivity contribution in [3.05, 3.63) is 36.2 Å². The fourth-order valence-electron chi connectivity index (χ4n) is 2.24. The van der Waals surface area contributed by atoms with Gasteiger partial charge in [0.05, 0.1) is 5.92 Å². The number of nitrogens with one attached hydrogen (secondary N) is 1. The molecule has 0 fully saturated rings. The van der Waals surface area contributed by atoms with E-state index in [1.165, 1.54) is 0 Å². The molecular weight excluding hydrogens is 332 g/mol. The van der Waals surface area contributed by atoms with Crippen LogP contribution in [0.2, 0.25) is 0 Å². The lowest BCUT2D eigenvalue weighted by Crippen LogP contribution is -2.35. The van der Waals surface area contributed by atoms with Gasteiger partial charge in [-0.05, 0) is 5.92 Å². The van der Waals surface area contributed by atoms with Gasteiger partial charge in [-0.15, -0.1) is 0 Å². The van der Waals surface area contributed by atoms with E-state index < -0.39 is 21.9 Å². The van der Waals surface area contributed by atoms with Gasteiger partial charge in [0.2, 0.25) is 5.03 Å². The lowest BCUT2D eigenvalue weighted by molar-refractivity contribution is -0.142. The van der Waals surface area contributed by atoms with E-state index in [1.54, 1.807) is 51.1 Å². The molecule has 0 aliphatic heterocycles. The largest absolute Gasteiger partial charge is 0.481 e. The Morgan fingerprint density at radius 3 is 2.46 bits per heavy atom. The Morgan fingerprint density at radius 1 is 1.29 bits per heavy atom. The van der Waals surface area contributed by atoms with E-state index in [0.29, 0.717) is 5.56 Å². The van der Waals surface area contributed by atoms with Crippen LogP contribution in [0.4, 0.5) is 0 Å². The monoisotopic (exact) mass is 352 g/mol. The van der Waals surface area contributed by atoms with Crippen LogP contribution >= 0.6 is 0 Å². The lowest BCUT2D eigenvalue weighted by Gasteiger charge is -2.16. The summed E-state index contributed by atoms with van der Waals surface area (Å²) in [6.07, 6.45) is 0. The number of nitrogens with zero attached hydrogens (tertiary/aromatic N) is 1. The Bertz CT molecular complexity index is 812. The SMILES string of the molecule is Cc1nc(S(=O)(=O)NCC(C(=O)O)C(C)C)c(-c2ccccc2)o1. The zero-order valence-corrected chi connectivity index (χ0v) is 14.5. The highest BCUT2D eigenvalue weighted by atomic mass is 32.2. The van der Waals surface area contributed by atoms with Gasteiger partial charge in [0.25, 0.3) is 10.0 Å². The summed E-state index contributed by atoms with van der Waals surface area (Å²) in [6, 6.07) is 8.76. The van der Waals surface area contributed by atoms with Gasteiger partial charge >= 0.3 is 5.97 Å². The second-order valence-corrected chi connectivity index (χ2v) is 7.46. The summed E-state index contributed by atoms with van der Waals surface area (Å²) in [7, 11) is -4.00. The van der Waals surface area contributed by atoms with Crippen molar-refractivity contribution in [3.63, 3.8) is 0 Å². The smallest absolute Gasteiger partial charge is 0.308 e. The van der Waals surface area contributed by atoms with Crippen LogP contribution in [-0.2, 0) is 14.8 Å². The minimum Gasteiger partial charge on any atom is -0.481 e. The third-order valence-corrected chi connectivity index (χ3v) is 4.94. The molecule has 0 saturated heterocycles. The average molecular weight is 352 g/mol. The van der Waals surface area contributed by atoms with Crippen molar-refractivity contribution in [2.45, 2.75) is 25.8 Å². The Morgan fingerprint density at radius 2 is 1.92 bits per heavy atom.